The second-order valence-electron chi connectivity index (χ2n) is 2.75. The SMILES string of the molecule is COc1ccc(S(=O)(=O)NC(=O)NN)cc1. The van der Waals surface area contributed by atoms with Crippen LogP contribution in [0.1, 0.15) is 0 Å². The fourth-order valence-corrected chi connectivity index (χ4v) is 1.88. The monoisotopic (exact) mass is 245 g/mol. The van der Waals surface area contributed by atoms with Gasteiger partial charge in [-0.1, -0.05) is 0 Å². The van der Waals surface area contributed by atoms with Gasteiger partial charge in [-0.15, -0.1) is 0 Å². The molecule has 0 fully saturated rings. The second-order valence-corrected chi connectivity index (χ2v) is 4.44. The lowest BCUT2D eigenvalue weighted by Crippen LogP contribution is -2.42. The van der Waals surface area contributed by atoms with Gasteiger partial charge >= 0.3 is 6.03 Å². The van der Waals surface area contributed by atoms with Gasteiger partial charge in [0.2, 0.25) is 0 Å². The van der Waals surface area contributed by atoms with Crippen LogP contribution < -0.4 is 20.7 Å². The first-order chi connectivity index (χ1) is 7.49. The number of methoxy groups -OCH3 is 1. The average Bonchev–Trinajstić information content (AvgIpc) is 2.28. The summed E-state index contributed by atoms with van der Waals surface area (Å²) < 4.78 is 29.7. The van der Waals surface area contributed by atoms with E-state index in [4.69, 9.17) is 10.6 Å². The van der Waals surface area contributed by atoms with Crippen molar-refractivity contribution in [3.05, 3.63) is 24.3 Å². The minimum Gasteiger partial charge on any atom is -0.497 e. The maximum Gasteiger partial charge on any atom is 0.342 e. The van der Waals surface area contributed by atoms with Crippen molar-refractivity contribution in [3.8, 4) is 5.75 Å². The molecular formula is C8H11N3O4S. The predicted octanol–water partition coefficient (Wildman–Crippen LogP) is -0.443. The van der Waals surface area contributed by atoms with E-state index in [1.54, 1.807) is 10.1 Å². The van der Waals surface area contributed by atoms with Crippen LogP contribution in [0.25, 0.3) is 0 Å². The van der Waals surface area contributed by atoms with Crippen LogP contribution in [0.3, 0.4) is 0 Å². The third-order valence-electron chi connectivity index (χ3n) is 1.73. The van der Waals surface area contributed by atoms with Gasteiger partial charge in [-0.2, -0.15) is 0 Å². The van der Waals surface area contributed by atoms with Crippen LogP contribution in [0.5, 0.6) is 5.75 Å². The smallest absolute Gasteiger partial charge is 0.342 e. The summed E-state index contributed by atoms with van der Waals surface area (Å²) in [4.78, 5) is 10.7. The third-order valence-corrected chi connectivity index (χ3v) is 3.07. The number of sulfonamides is 1. The number of hydrogen-bond acceptors (Lipinski definition) is 5. The van der Waals surface area contributed by atoms with E-state index in [9.17, 15) is 13.2 Å². The van der Waals surface area contributed by atoms with Gasteiger partial charge in [-0.3, -0.25) is 5.43 Å². The Hall–Kier alpha value is -1.80. The van der Waals surface area contributed by atoms with E-state index in [1.807, 2.05) is 0 Å². The van der Waals surface area contributed by atoms with E-state index in [2.05, 4.69) is 0 Å². The Morgan fingerprint density at radius 1 is 1.31 bits per heavy atom. The molecule has 0 aliphatic heterocycles. The molecule has 0 atom stereocenters. The van der Waals surface area contributed by atoms with Crippen molar-refractivity contribution in [2.24, 2.45) is 5.84 Å². The number of hydrazine groups is 1. The summed E-state index contributed by atoms with van der Waals surface area (Å²) in [6.45, 7) is 0. The number of carbonyl (C=O) groups excluding carboxylic acids is 1. The fourth-order valence-electron chi connectivity index (χ4n) is 0.965. The second kappa shape index (κ2) is 4.81. The summed E-state index contributed by atoms with van der Waals surface area (Å²) in [5, 5.41) is 0. The highest BCUT2D eigenvalue weighted by molar-refractivity contribution is 7.90. The average molecular weight is 245 g/mol. The molecule has 0 unspecified atom stereocenters. The summed E-state index contributed by atoms with van der Waals surface area (Å²) in [6, 6.07) is 4.55. The number of amides is 2. The molecule has 16 heavy (non-hydrogen) atoms. The Morgan fingerprint density at radius 3 is 2.31 bits per heavy atom. The molecule has 1 rings (SSSR count). The van der Waals surface area contributed by atoms with Crippen LogP contribution in [-0.2, 0) is 10.0 Å². The Balaban J connectivity index is 2.94. The zero-order valence-corrected chi connectivity index (χ0v) is 9.24. The molecule has 0 aliphatic rings. The molecule has 0 aromatic heterocycles. The van der Waals surface area contributed by atoms with E-state index in [0.29, 0.717) is 5.75 Å². The van der Waals surface area contributed by atoms with E-state index in [1.165, 1.54) is 31.4 Å². The highest BCUT2D eigenvalue weighted by Gasteiger charge is 2.16. The number of nitrogens with one attached hydrogen (secondary N) is 2. The summed E-state index contributed by atoms with van der Waals surface area (Å²) in [5.41, 5.74) is 1.66. The number of ether oxygens (including phenoxy) is 1. The van der Waals surface area contributed by atoms with Crippen LogP contribution in [-0.4, -0.2) is 21.6 Å². The van der Waals surface area contributed by atoms with Gasteiger partial charge in [0.25, 0.3) is 10.0 Å². The van der Waals surface area contributed by atoms with E-state index >= 15 is 0 Å². The van der Waals surface area contributed by atoms with Crippen LogP contribution in [0, 0.1) is 0 Å². The summed E-state index contributed by atoms with van der Waals surface area (Å²) in [6.07, 6.45) is 0. The first-order valence-electron chi connectivity index (χ1n) is 4.17. The van der Waals surface area contributed by atoms with Crippen LogP contribution >= 0.6 is 0 Å². The minimum atomic E-state index is -3.89. The van der Waals surface area contributed by atoms with Crippen molar-refractivity contribution < 1.29 is 17.9 Å². The van der Waals surface area contributed by atoms with Gasteiger partial charge in [-0.05, 0) is 24.3 Å². The maximum absolute atomic E-state index is 11.5. The van der Waals surface area contributed by atoms with Crippen molar-refractivity contribution in [2.75, 3.05) is 7.11 Å². The number of nitrogens with two attached hydrogens (primary N) is 1. The maximum atomic E-state index is 11.5. The number of carbonyl (C=O) groups is 1. The molecule has 0 heterocycles. The van der Waals surface area contributed by atoms with Gasteiger partial charge in [0, 0.05) is 0 Å². The van der Waals surface area contributed by atoms with Crippen molar-refractivity contribution in [3.63, 3.8) is 0 Å². The van der Waals surface area contributed by atoms with Gasteiger partial charge < -0.3 is 4.74 Å². The molecule has 0 radical (unpaired) electrons. The topological polar surface area (TPSA) is 111 Å². The third kappa shape index (κ3) is 2.84. The van der Waals surface area contributed by atoms with E-state index in [0.717, 1.165) is 0 Å². The van der Waals surface area contributed by atoms with Crippen LogP contribution in [0.15, 0.2) is 29.2 Å². The zero-order chi connectivity index (χ0) is 12.2. The van der Waals surface area contributed by atoms with E-state index in [-0.39, 0.29) is 4.90 Å². The summed E-state index contributed by atoms with van der Waals surface area (Å²) >= 11 is 0. The first kappa shape index (κ1) is 12.3. The minimum absolute atomic E-state index is 0.0584. The Labute approximate surface area is 92.6 Å². The lowest BCUT2D eigenvalue weighted by atomic mass is 10.3. The molecule has 0 bridgehead atoms. The van der Waals surface area contributed by atoms with Crippen molar-refractivity contribution in [1.29, 1.82) is 0 Å². The number of rotatable bonds is 3. The molecule has 0 spiro atoms. The highest BCUT2D eigenvalue weighted by atomic mass is 32.2. The molecular weight excluding hydrogens is 234 g/mol. The van der Waals surface area contributed by atoms with Crippen molar-refractivity contribution >= 4 is 16.1 Å². The summed E-state index contributed by atoms with van der Waals surface area (Å²) in [5.74, 6) is 5.27. The number of benzene rings is 1. The van der Waals surface area contributed by atoms with Gasteiger partial charge in [0.1, 0.15) is 5.75 Å². The Bertz CT molecular complexity index is 469. The number of urea groups is 1. The van der Waals surface area contributed by atoms with Gasteiger partial charge in [0.05, 0.1) is 12.0 Å². The lowest BCUT2D eigenvalue weighted by Gasteiger charge is -2.06. The van der Waals surface area contributed by atoms with Crippen LogP contribution in [0.4, 0.5) is 4.79 Å². The largest absolute Gasteiger partial charge is 0.497 e. The lowest BCUT2D eigenvalue weighted by molar-refractivity contribution is 0.246. The van der Waals surface area contributed by atoms with Crippen LogP contribution in [0.2, 0.25) is 0 Å². The van der Waals surface area contributed by atoms with Crippen molar-refractivity contribution in [1.82, 2.24) is 10.1 Å². The molecule has 0 aliphatic carbocycles. The standard InChI is InChI=1S/C8H11N3O4S/c1-15-6-2-4-7(5-3-6)16(13,14)11-8(12)10-9/h2-5H,9H2,1H3,(H2,10,11,12). The Kier molecular flexibility index (Phi) is 3.69. The molecule has 0 saturated carbocycles. The van der Waals surface area contributed by atoms with Gasteiger partial charge in [0.15, 0.2) is 0 Å². The number of hydrogen-bond donors (Lipinski definition) is 3. The molecule has 88 valence electrons. The molecule has 7 nitrogen and oxygen atoms in total. The van der Waals surface area contributed by atoms with Crippen molar-refractivity contribution in [2.45, 2.75) is 4.90 Å². The molecule has 2 amide bonds. The van der Waals surface area contributed by atoms with Gasteiger partial charge in [-0.25, -0.2) is 23.8 Å². The molecule has 1 aromatic rings. The summed E-state index contributed by atoms with van der Waals surface area (Å²) in [7, 11) is -2.43. The molecule has 4 N–H and O–H groups in total. The first-order valence-corrected chi connectivity index (χ1v) is 5.65. The molecule has 8 heteroatoms. The molecule has 0 saturated heterocycles. The normalized spacial score (nSPS) is 10.6. The highest BCUT2D eigenvalue weighted by Crippen LogP contribution is 2.14. The predicted molar refractivity (Wildman–Crippen MR) is 56.0 cm³/mol. The fraction of sp³-hybridized carbons (Fsp3) is 0.125. The molecule has 1 aromatic carbocycles. The zero-order valence-electron chi connectivity index (χ0n) is 8.43. The quantitative estimate of drug-likeness (QED) is 0.380. The van der Waals surface area contributed by atoms with E-state index < -0.39 is 16.1 Å². The Morgan fingerprint density at radius 2 is 1.88 bits per heavy atom.